The predicted molar refractivity (Wildman–Crippen MR) is 41.2 cm³/mol. The van der Waals surface area contributed by atoms with Gasteiger partial charge in [-0.15, -0.1) is 11.6 Å². The van der Waals surface area contributed by atoms with Crippen molar-refractivity contribution < 1.29 is 9.53 Å². The second-order valence-electron chi connectivity index (χ2n) is 2.01. The van der Waals surface area contributed by atoms with Gasteiger partial charge >= 0.3 is 5.97 Å². The molecule has 0 aromatic rings. The van der Waals surface area contributed by atoms with Crippen LogP contribution in [0.3, 0.4) is 0 Å². The molecule has 0 aromatic heterocycles. The molecular formula is C7H13ClO2. The Kier molecular flexibility index (Phi) is 6.71. The van der Waals surface area contributed by atoms with Gasteiger partial charge in [-0.1, -0.05) is 13.3 Å². The van der Waals surface area contributed by atoms with Crippen LogP contribution in [0.25, 0.3) is 0 Å². The summed E-state index contributed by atoms with van der Waals surface area (Å²) in [5.74, 6) is 0.250. The number of unbranched alkanes of at least 4 members (excludes halogenated alkanes) is 1. The summed E-state index contributed by atoms with van der Waals surface area (Å²) in [6, 6.07) is 0. The maximum absolute atomic E-state index is 10.7. The summed E-state index contributed by atoms with van der Waals surface area (Å²) in [6.45, 7) is 2.37. The molecule has 0 radical (unpaired) electrons. The van der Waals surface area contributed by atoms with Gasteiger partial charge in [-0.25, -0.2) is 0 Å². The third-order valence-electron chi connectivity index (χ3n) is 1.07. The van der Waals surface area contributed by atoms with E-state index in [4.69, 9.17) is 16.3 Å². The highest BCUT2D eigenvalue weighted by atomic mass is 35.5. The zero-order valence-electron chi connectivity index (χ0n) is 6.23. The van der Waals surface area contributed by atoms with Crippen LogP contribution < -0.4 is 0 Å². The van der Waals surface area contributed by atoms with E-state index >= 15 is 0 Å². The molecule has 0 aliphatic rings. The first-order valence-electron chi connectivity index (χ1n) is 3.52. The third kappa shape index (κ3) is 5.89. The molecule has 0 unspecified atom stereocenters. The van der Waals surface area contributed by atoms with E-state index in [0.717, 1.165) is 12.8 Å². The molecular weight excluding hydrogens is 152 g/mol. The van der Waals surface area contributed by atoms with E-state index in [2.05, 4.69) is 0 Å². The summed E-state index contributed by atoms with van der Waals surface area (Å²) in [5.41, 5.74) is 0. The van der Waals surface area contributed by atoms with Crippen molar-refractivity contribution in [3.05, 3.63) is 0 Å². The average Bonchev–Trinajstić information content (AvgIpc) is 1.97. The number of ether oxygens (including phenoxy) is 1. The zero-order valence-corrected chi connectivity index (χ0v) is 6.99. The standard InChI is InChI=1S/C7H13ClO2/c1-2-3-4-7(9)10-6-5-8/h2-6H2,1H3. The van der Waals surface area contributed by atoms with Gasteiger partial charge in [0.2, 0.25) is 0 Å². The van der Waals surface area contributed by atoms with E-state index in [-0.39, 0.29) is 5.97 Å². The summed E-state index contributed by atoms with van der Waals surface area (Å²) in [7, 11) is 0. The lowest BCUT2D eigenvalue weighted by molar-refractivity contribution is -0.143. The van der Waals surface area contributed by atoms with Crippen LogP contribution >= 0.6 is 11.6 Å². The molecule has 0 amide bonds. The molecule has 0 saturated heterocycles. The number of halogens is 1. The molecule has 0 atom stereocenters. The summed E-state index contributed by atoms with van der Waals surface area (Å²) in [5, 5.41) is 0. The summed E-state index contributed by atoms with van der Waals surface area (Å²) in [6.07, 6.45) is 2.45. The minimum absolute atomic E-state index is 0.137. The molecule has 10 heavy (non-hydrogen) atoms. The lowest BCUT2D eigenvalue weighted by Gasteiger charge is -1.99. The third-order valence-corrected chi connectivity index (χ3v) is 1.23. The van der Waals surface area contributed by atoms with Crippen LogP contribution in [-0.4, -0.2) is 18.5 Å². The highest BCUT2D eigenvalue weighted by Crippen LogP contribution is 1.96. The largest absolute Gasteiger partial charge is 0.464 e. The van der Waals surface area contributed by atoms with Gasteiger partial charge in [0, 0.05) is 6.42 Å². The van der Waals surface area contributed by atoms with E-state index < -0.39 is 0 Å². The van der Waals surface area contributed by atoms with Gasteiger partial charge in [0.25, 0.3) is 0 Å². The second-order valence-corrected chi connectivity index (χ2v) is 2.39. The van der Waals surface area contributed by atoms with Crippen LogP contribution in [0, 0.1) is 0 Å². The first kappa shape index (κ1) is 9.76. The number of carbonyl (C=O) groups excluding carboxylic acids is 1. The van der Waals surface area contributed by atoms with Crippen LogP contribution in [0.15, 0.2) is 0 Å². The van der Waals surface area contributed by atoms with Crippen molar-refractivity contribution in [2.45, 2.75) is 26.2 Å². The molecule has 0 rings (SSSR count). The molecule has 0 aromatic carbocycles. The van der Waals surface area contributed by atoms with E-state index in [0.29, 0.717) is 18.9 Å². The molecule has 0 spiro atoms. The smallest absolute Gasteiger partial charge is 0.305 e. The van der Waals surface area contributed by atoms with Crippen LogP contribution in [0.1, 0.15) is 26.2 Å². The maximum atomic E-state index is 10.7. The molecule has 2 nitrogen and oxygen atoms in total. The van der Waals surface area contributed by atoms with Gasteiger partial charge in [0.05, 0.1) is 5.88 Å². The average molecular weight is 165 g/mol. The lowest BCUT2D eigenvalue weighted by atomic mass is 10.3. The zero-order chi connectivity index (χ0) is 7.82. The number of hydrogen-bond acceptors (Lipinski definition) is 2. The van der Waals surface area contributed by atoms with Gasteiger partial charge in [-0.3, -0.25) is 4.79 Å². The maximum Gasteiger partial charge on any atom is 0.305 e. The summed E-state index contributed by atoms with van der Waals surface area (Å²) < 4.78 is 4.72. The lowest BCUT2D eigenvalue weighted by Crippen LogP contribution is -2.05. The van der Waals surface area contributed by atoms with Crippen LogP contribution in [0.4, 0.5) is 0 Å². The van der Waals surface area contributed by atoms with Crippen molar-refractivity contribution >= 4 is 17.6 Å². The minimum atomic E-state index is -0.137. The van der Waals surface area contributed by atoms with Crippen LogP contribution in [0.2, 0.25) is 0 Å². The van der Waals surface area contributed by atoms with E-state index in [9.17, 15) is 4.79 Å². The topological polar surface area (TPSA) is 26.3 Å². The quantitative estimate of drug-likeness (QED) is 0.459. The second kappa shape index (κ2) is 6.87. The first-order valence-corrected chi connectivity index (χ1v) is 4.06. The van der Waals surface area contributed by atoms with E-state index in [1.807, 2.05) is 6.92 Å². The van der Waals surface area contributed by atoms with Gasteiger partial charge in [0.1, 0.15) is 6.61 Å². The van der Waals surface area contributed by atoms with Gasteiger partial charge in [-0.2, -0.15) is 0 Å². The van der Waals surface area contributed by atoms with Crippen molar-refractivity contribution in [2.24, 2.45) is 0 Å². The number of carbonyl (C=O) groups is 1. The van der Waals surface area contributed by atoms with Gasteiger partial charge in [0.15, 0.2) is 0 Å². The fraction of sp³-hybridized carbons (Fsp3) is 0.857. The summed E-state index contributed by atoms with van der Waals surface area (Å²) >= 11 is 5.30. The van der Waals surface area contributed by atoms with Gasteiger partial charge < -0.3 is 4.74 Å². The normalized spacial score (nSPS) is 9.40. The molecule has 0 saturated carbocycles. The Balaban J connectivity index is 3.09. The fourth-order valence-corrected chi connectivity index (χ4v) is 0.623. The minimum Gasteiger partial charge on any atom is -0.464 e. The number of hydrogen-bond donors (Lipinski definition) is 0. The molecule has 0 heterocycles. The van der Waals surface area contributed by atoms with E-state index in [1.54, 1.807) is 0 Å². The fourth-order valence-electron chi connectivity index (χ4n) is 0.546. The molecule has 0 bridgehead atoms. The number of rotatable bonds is 5. The Bertz CT molecular complexity index is 83.6. The highest BCUT2D eigenvalue weighted by Gasteiger charge is 1.99. The van der Waals surface area contributed by atoms with Crippen molar-refractivity contribution in [2.75, 3.05) is 12.5 Å². The number of alkyl halides is 1. The Labute approximate surface area is 66.5 Å². The Morgan fingerprint density at radius 1 is 1.60 bits per heavy atom. The van der Waals surface area contributed by atoms with Crippen LogP contribution in [0.5, 0.6) is 0 Å². The van der Waals surface area contributed by atoms with E-state index in [1.165, 1.54) is 0 Å². The SMILES string of the molecule is CCCCC(=O)OCCCl. The molecule has 3 heteroatoms. The van der Waals surface area contributed by atoms with Crippen molar-refractivity contribution in [3.8, 4) is 0 Å². The molecule has 60 valence electrons. The van der Waals surface area contributed by atoms with Crippen molar-refractivity contribution in [1.29, 1.82) is 0 Å². The summed E-state index contributed by atoms with van der Waals surface area (Å²) in [4.78, 5) is 10.7. The monoisotopic (exact) mass is 164 g/mol. The Hall–Kier alpha value is -0.240. The molecule has 0 aliphatic heterocycles. The highest BCUT2D eigenvalue weighted by molar-refractivity contribution is 6.18. The first-order chi connectivity index (χ1) is 4.81. The molecule has 0 aliphatic carbocycles. The van der Waals surface area contributed by atoms with Gasteiger partial charge in [-0.05, 0) is 6.42 Å². The molecule has 0 fully saturated rings. The van der Waals surface area contributed by atoms with Crippen molar-refractivity contribution in [3.63, 3.8) is 0 Å². The predicted octanol–water partition coefficient (Wildman–Crippen LogP) is 1.96. The Morgan fingerprint density at radius 2 is 2.30 bits per heavy atom. The van der Waals surface area contributed by atoms with Crippen molar-refractivity contribution in [1.82, 2.24) is 0 Å². The Morgan fingerprint density at radius 3 is 2.80 bits per heavy atom. The van der Waals surface area contributed by atoms with Crippen LogP contribution in [-0.2, 0) is 9.53 Å². The molecule has 0 N–H and O–H groups in total. The number of esters is 1.